The third-order valence-corrected chi connectivity index (χ3v) is 3.58. The van der Waals surface area contributed by atoms with Crippen LogP contribution < -0.4 is 5.32 Å². The summed E-state index contributed by atoms with van der Waals surface area (Å²) in [4.78, 5) is 27.1. The molecule has 0 saturated carbocycles. The number of piperazine rings is 1. The highest BCUT2D eigenvalue weighted by molar-refractivity contribution is 9.09. The van der Waals surface area contributed by atoms with Gasteiger partial charge in [0.25, 0.3) is 0 Å². The second-order valence-electron chi connectivity index (χ2n) is 4.35. The summed E-state index contributed by atoms with van der Waals surface area (Å²) >= 11 is 3.36. The number of nitrogens with one attached hydrogen (secondary N) is 1. The first kappa shape index (κ1) is 15.3. The first-order valence-electron chi connectivity index (χ1n) is 6.55. The molecule has 3 amide bonds. The Morgan fingerprint density at radius 3 is 2.28 bits per heavy atom. The quantitative estimate of drug-likeness (QED) is 0.615. The number of halogens is 1. The molecule has 5 nitrogen and oxygen atoms in total. The zero-order valence-electron chi connectivity index (χ0n) is 11.0. The second kappa shape index (κ2) is 8.34. The molecule has 1 heterocycles. The average Bonchev–Trinajstić information content (AvgIpc) is 2.39. The zero-order valence-corrected chi connectivity index (χ0v) is 12.5. The number of rotatable bonds is 5. The van der Waals surface area contributed by atoms with E-state index in [4.69, 9.17) is 0 Å². The van der Waals surface area contributed by atoms with Crippen LogP contribution >= 0.6 is 15.9 Å². The van der Waals surface area contributed by atoms with Crippen LogP contribution in [-0.2, 0) is 4.79 Å². The lowest BCUT2D eigenvalue weighted by Crippen LogP contribution is -2.53. The summed E-state index contributed by atoms with van der Waals surface area (Å²) in [6.45, 7) is 5.13. The number of carbonyl (C=O) groups is 2. The number of alkyl halides is 1. The van der Waals surface area contributed by atoms with E-state index in [9.17, 15) is 9.59 Å². The van der Waals surface area contributed by atoms with Crippen molar-refractivity contribution >= 4 is 27.9 Å². The van der Waals surface area contributed by atoms with Gasteiger partial charge in [0.1, 0.15) is 0 Å². The Bertz CT molecular complexity index is 278. The van der Waals surface area contributed by atoms with Crippen LogP contribution in [0.2, 0.25) is 0 Å². The Hall–Kier alpha value is -0.780. The number of amides is 3. The number of carbonyl (C=O) groups excluding carboxylic acids is 2. The van der Waals surface area contributed by atoms with Gasteiger partial charge in [-0.3, -0.25) is 4.79 Å². The second-order valence-corrected chi connectivity index (χ2v) is 5.14. The van der Waals surface area contributed by atoms with Gasteiger partial charge in [-0.25, -0.2) is 4.79 Å². The molecule has 0 spiro atoms. The number of hydrogen-bond acceptors (Lipinski definition) is 2. The molecule has 0 aromatic carbocycles. The molecule has 0 radical (unpaired) electrons. The van der Waals surface area contributed by atoms with Crippen LogP contribution in [0.25, 0.3) is 0 Å². The topological polar surface area (TPSA) is 52.7 Å². The fourth-order valence-electron chi connectivity index (χ4n) is 1.95. The Morgan fingerprint density at radius 2 is 1.72 bits per heavy atom. The minimum absolute atomic E-state index is 0.0242. The summed E-state index contributed by atoms with van der Waals surface area (Å²) in [5.41, 5.74) is 0. The Balaban J connectivity index is 2.26. The molecule has 0 aromatic heterocycles. The Morgan fingerprint density at radius 1 is 1.11 bits per heavy atom. The van der Waals surface area contributed by atoms with Gasteiger partial charge in [-0.2, -0.15) is 0 Å². The van der Waals surface area contributed by atoms with Crippen molar-refractivity contribution in [3.63, 3.8) is 0 Å². The minimum atomic E-state index is -0.0242. The standard InChI is InChI=1S/C12H22BrN3O2/c1-2-14-12(18)16-9-7-15(8-10-16)11(17)5-3-4-6-13/h2-10H2,1H3,(H,14,18). The Labute approximate surface area is 117 Å². The van der Waals surface area contributed by atoms with Gasteiger partial charge < -0.3 is 15.1 Å². The fraction of sp³-hybridized carbons (Fsp3) is 0.833. The molecular weight excluding hydrogens is 298 g/mol. The van der Waals surface area contributed by atoms with Gasteiger partial charge in [-0.15, -0.1) is 0 Å². The SMILES string of the molecule is CCNC(=O)N1CCN(C(=O)CCCCBr)CC1. The molecule has 1 N–H and O–H groups in total. The van der Waals surface area contributed by atoms with Crippen molar-refractivity contribution in [3.8, 4) is 0 Å². The third kappa shape index (κ3) is 4.84. The molecule has 1 aliphatic heterocycles. The van der Waals surface area contributed by atoms with E-state index < -0.39 is 0 Å². The first-order valence-corrected chi connectivity index (χ1v) is 7.67. The van der Waals surface area contributed by atoms with Gasteiger partial charge in [-0.1, -0.05) is 15.9 Å². The van der Waals surface area contributed by atoms with E-state index in [1.165, 1.54) is 0 Å². The van der Waals surface area contributed by atoms with Crippen LogP contribution in [0.5, 0.6) is 0 Å². The van der Waals surface area contributed by atoms with Crippen molar-refractivity contribution < 1.29 is 9.59 Å². The van der Waals surface area contributed by atoms with Crippen LogP contribution in [0, 0.1) is 0 Å². The van der Waals surface area contributed by atoms with Crippen molar-refractivity contribution in [1.82, 2.24) is 15.1 Å². The van der Waals surface area contributed by atoms with E-state index >= 15 is 0 Å². The maximum atomic E-state index is 11.9. The van der Waals surface area contributed by atoms with E-state index in [-0.39, 0.29) is 11.9 Å². The summed E-state index contributed by atoms with van der Waals surface area (Å²) < 4.78 is 0. The largest absolute Gasteiger partial charge is 0.339 e. The summed E-state index contributed by atoms with van der Waals surface area (Å²) in [6.07, 6.45) is 2.58. The Kier molecular flexibility index (Phi) is 7.08. The predicted molar refractivity (Wildman–Crippen MR) is 74.9 cm³/mol. The van der Waals surface area contributed by atoms with Gasteiger partial charge in [0, 0.05) is 44.5 Å². The van der Waals surface area contributed by atoms with E-state index in [2.05, 4.69) is 21.2 Å². The number of nitrogens with zero attached hydrogens (tertiary/aromatic N) is 2. The van der Waals surface area contributed by atoms with Crippen molar-refractivity contribution in [2.45, 2.75) is 26.2 Å². The molecule has 0 unspecified atom stereocenters. The van der Waals surface area contributed by atoms with Crippen LogP contribution in [0.4, 0.5) is 4.79 Å². The lowest BCUT2D eigenvalue weighted by molar-refractivity contribution is -0.132. The van der Waals surface area contributed by atoms with Crippen molar-refractivity contribution in [2.24, 2.45) is 0 Å². The number of urea groups is 1. The van der Waals surface area contributed by atoms with Crippen molar-refractivity contribution in [1.29, 1.82) is 0 Å². The van der Waals surface area contributed by atoms with Gasteiger partial charge in [-0.05, 0) is 19.8 Å². The van der Waals surface area contributed by atoms with Gasteiger partial charge >= 0.3 is 6.03 Å². The van der Waals surface area contributed by atoms with Crippen LogP contribution in [0.3, 0.4) is 0 Å². The molecule has 1 aliphatic rings. The molecule has 0 atom stereocenters. The van der Waals surface area contributed by atoms with E-state index in [0.717, 1.165) is 18.2 Å². The van der Waals surface area contributed by atoms with E-state index in [0.29, 0.717) is 39.1 Å². The van der Waals surface area contributed by atoms with Crippen molar-refractivity contribution in [3.05, 3.63) is 0 Å². The van der Waals surface area contributed by atoms with Gasteiger partial charge in [0.05, 0.1) is 0 Å². The van der Waals surface area contributed by atoms with E-state index in [1.807, 2.05) is 11.8 Å². The molecule has 0 aliphatic carbocycles. The molecular formula is C12H22BrN3O2. The van der Waals surface area contributed by atoms with Crippen LogP contribution in [0.1, 0.15) is 26.2 Å². The normalized spacial score (nSPS) is 15.7. The lowest BCUT2D eigenvalue weighted by atomic mass is 10.2. The first-order chi connectivity index (χ1) is 8.69. The highest BCUT2D eigenvalue weighted by Gasteiger charge is 2.23. The van der Waals surface area contributed by atoms with Crippen molar-refractivity contribution in [2.75, 3.05) is 38.1 Å². The summed E-state index contributed by atoms with van der Waals surface area (Å²) in [6, 6.07) is -0.0242. The lowest BCUT2D eigenvalue weighted by Gasteiger charge is -2.34. The number of hydrogen-bond donors (Lipinski definition) is 1. The maximum absolute atomic E-state index is 11.9. The minimum Gasteiger partial charge on any atom is -0.339 e. The molecule has 1 fully saturated rings. The molecule has 0 bridgehead atoms. The van der Waals surface area contributed by atoms with E-state index in [1.54, 1.807) is 4.90 Å². The zero-order chi connectivity index (χ0) is 13.4. The number of unbranched alkanes of at least 4 members (excludes halogenated alkanes) is 1. The summed E-state index contributed by atoms with van der Waals surface area (Å²) in [5.74, 6) is 0.214. The molecule has 1 rings (SSSR count). The molecule has 0 aromatic rings. The molecule has 6 heteroatoms. The highest BCUT2D eigenvalue weighted by Crippen LogP contribution is 2.07. The molecule has 18 heavy (non-hydrogen) atoms. The van der Waals surface area contributed by atoms with Gasteiger partial charge in [0.2, 0.25) is 5.91 Å². The smallest absolute Gasteiger partial charge is 0.317 e. The summed E-state index contributed by atoms with van der Waals surface area (Å²) in [5, 5.41) is 3.73. The highest BCUT2D eigenvalue weighted by atomic mass is 79.9. The van der Waals surface area contributed by atoms with Crippen LogP contribution in [0.15, 0.2) is 0 Å². The predicted octanol–water partition coefficient (Wildman–Crippen LogP) is 1.43. The van der Waals surface area contributed by atoms with Gasteiger partial charge in [0.15, 0.2) is 0 Å². The summed E-state index contributed by atoms with van der Waals surface area (Å²) in [7, 11) is 0. The molecule has 104 valence electrons. The maximum Gasteiger partial charge on any atom is 0.317 e. The van der Waals surface area contributed by atoms with Crippen LogP contribution in [-0.4, -0.2) is 59.8 Å². The monoisotopic (exact) mass is 319 g/mol. The molecule has 1 saturated heterocycles. The fourth-order valence-corrected chi connectivity index (χ4v) is 2.35. The average molecular weight is 320 g/mol. The third-order valence-electron chi connectivity index (χ3n) is 3.02.